The normalized spacial score (nSPS) is 11.8. The molecule has 2 rings (SSSR count). The Morgan fingerprint density at radius 2 is 1.95 bits per heavy atom. The molecule has 0 aliphatic rings. The first kappa shape index (κ1) is 16.0. The highest BCUT2D eigenvalue weighted by atomic mass is 32.2. The van der Waals surface area contributed by atoms with Crippen LogP contribution in [0.1, 0.15) is 11.8 Å². The summed E-state index contributed by atoms with van der Waals surface area (Å²) in [5.74, 6) is 0. The van der Waals surface area contributed by atoms with Gasteiger partial charge in [-0.2, -0.15) is 0 Å². The molecule has 1 N–H and O–H groups in total. The van der Waals surface area contributed by atoms with Crippen LogP contribution in [0.4, 0.5) is 5.69 Å². The van der Waals surface area contributed by atoms with Crippen molar-refractivity contribution in [3.05, 3.63) is 46.7 Å². The molecule has 0 radical (unpaired) electrons. The van der Waals surface area contributed by atoms with E-state index in [9.17, 15) is 8.42 Å². The second-order valence-corrected chi connectivity index (χ2v) is 7.73. The van der Waals surface area contributed by atoms with Gasteiger partial charge in [-0.25, -0.2) is 12.7 Å². The zero-order valence-corrected chi connectivity index (χ0v) is 13.9. The van der Waals surface area contributed by atoms with Crippen molar-refractivity contribution in [2.24, 2.45) is 0 Å². The van der Waals surface area contributed by atoms with E-state index >= 15 is 0 Å². The molecule has 0 bridgehead atoms. The van der Waals surface area contributed by atoms with Crippen LogP contribution in [0.3, 0.4) is 0 Å². The average molecular weight is 324 g/mol. The number of benzene rings is 1. The molecule has 1 heterocycles. The van der Waals surface area contributed by atoms with Gasteiger partial charge in [0.15, 0.2) is 0 Å². The predicted octanol–water partition coefficient (Wildman–Crippen LogP) is 3.04. The van der Waals surface area contributed by atoms with E-state index in [4.69, 9.17) is 0 Å². The molecule has 0 amide bonds. The van der Waals surface area contributed by atoms with E-state index in [0.29, 0.717) is 23.7 Å². The van der Waals surface area contributed by atoms with Gasteiger partial charge in [-0.15, -0.1) is 11.3 Å². The van der Waals surface area contributed by atoms with Gasteiger partial charge in [0.25, 0.3) is 0 Å². The van der Waals surface area contributed by atoms with Gasteiger partial charge in [-0.3, -0.25) is 0 Å². The Balaban J connectivity index is 2.16. The van der Waals surface area contributed by atoms with E-state index in [1.807, 2.05) is 30.5 Å². The van der Waals surface area contributed by atoms with Crippen LogP contribution in [-0.4, -0.2) is 32.9 Å². The fraction of sp³-hybridized carbons (Fsp3) is 0.333. The second-order valence-electron chi connectivity index (χ2n) is 4.68. The van der Waals surface area contributed by atoms with Crippen molar-refractivity contribution in [3.63, 3.8) is 0 Å². The lowest BCUT2D eigenvalue weighted by atomic mass is 10.3. The molecule has 114 valence electrons. The first-order chi connectivity index (χ1) is 10.1. The molecule has 21 heavy (non-hydrogen) atoms. The maximum Gasteiger partial charge on any atom is 0.244 e. The number of nitrogens with one attached hydrogen (secondary N) is 1. The number of sulfonamides is 1. The summed E-state index contributed by atoms with van der Waals surface area (Å²) in [6.45, 7) is 3.11. The molecular weight excluding hydrogens is 304 g/mol. The number of anilines is 1. The van der Waals surface area contributed by atoms with Crippen molar-refractivity contribution in [3.8, 4) is 0 Å². The summed E-state index contributed by atoms with van der Waals surface area (Å²) >= 11 is 1.65. The average Bonchev–Trinajstić information content (AvgIpc) is 2.98. The molecule has 0 saturated heterocycles. The van der Waals surface area contributed by atoms with Crippen molar-refractivity contribution in [2.75, 3.05) is 25.5 Å². The topological polar surface area (TPSA) is 49.4 Å². The Bertz CT molecular complexity index is 667. The third-order valence-corrected chi connectivity index (χ3v) is 6.05. The van der Waals surface area contributed by atoms with E-state index in [-0.39, 0.29) is 0 Å². The Morgan fingerprint density at radius 1 is 1.19 bits per heavy atom. The van der Waals surface area contributed by atoms with Gasteiger partial charge in [-0.05, 0) is 36.9 Å². The minimum atomic E-state index is -3.47. The zero-order valence-electron chi connectivity index (χ0n) is 12.2. The highest BCUT2D eigenvalue weighted by Gasteiger charge is 2.23. The van der Waals surface area contributed by atoms with Crippen LogP contribution >= 0.6 is 11.3 Å². The molecule has 1 aromatic heterocycles. The molecule has 4 nitrogen and oxygen atoms in total. The maximum atomic E-state index is 12.7. The lowest BCUT2D eigenvalue weighted by molar-refractivity contribution is 0.474. The summed E-state index contributed by atoms with van der Waals surface area (Å²) in [4.78, 5) is 1.53. The monoisotopic (exact) mass is 324 g/mol. The molecule has 1 aromatic carbocycles. The minimum absolute atomic E-state index is 0.334. The van der Waals surface area contributed by atoms with Crippen molar-refractivity contribution in [1.82, 2.24) is 4.31 Å². The summed E-state index contributed by atoms with van der Waals surface area (Å²) in [6.07, 6.45) is 0.733. The number of nitrogens with zero attached hydrogens (tertiary/aromatic N) is 1. The zero-order chi connectivity index (χ0) is 15.3. The van der Waals surface area contributed by atoms with Gasteiger partial charge in [0.05, 0.1) is 5.69 Å². The van der Waals surface area contributed by atoms with Crippen LogP contribution in [0.2, 0.25) is 0 Å². The van der Waals surface area contributed by atoms with Crippen molar-refractivity contribution in [2.45, 2.75) is 18.2 Å². The van der Waals surface area contributed by atoms with Crippen LogP contribution < -0.4 is 5.32 Å². The number of para-hydroxylation sites is 1. The molecular formula is C15H20N2O2S2. The largest absolute Gasteiger partial charge is 0.384 e. The Labute approximate surface area is 130 Å². The Kier molecular flexibility index (Phi) is 5.39. The third-order valence-electron chi connectivity index (χ3n) is 3.20. The molecule has 0 unspecified atom stereocenters. The summed E-state index contributed by atoms with van der Waals surface area (Å²) < 4.78 is 26.8. The van der Waals surface area contributed by atoms with Crippen molar-refractivity contribution in [1.29, 1.82) is 0 Å². The quantitative estimate of drug-likeness (QED) is 0.851. The van der Waals surface area contributed by atoms with E-state index in [2.05, 4.69) is 5.32 Å². The van der Waals surface area contributed by atoms with E-state index < -0.39 is 10.0 Å². The Morgan fingerprint density at radius 3 is 2.62 bits per heavy atom. The van der Waals surface area contributed by atoms with Crippen molar-refractivity contribution >= 4 is 27.0 Å². The van der Waals surface area contributed by atoms with Crippen LogP contribution in [-0.2, 0) is 16.4 Å². The highest BCUT2D eigenvalue weighted by molar-refractivity contribution is 7.89. The standard InChI is InChI=1S/C15H20N2O2S2/c1-3-16-14-8-4-5-9-15(14)21(18,19)17(2)11-10-13-7-6-12-20-13/h4-9,12,16H,3,10-11H2,1-2H3. The number of rotatable bonds is 7. The number of hydrogen-bond donors (Lipinski definition) is 1. The first-order valence-corrected chi connectivity index (χ1v) is 9.19. The maximum absolute atomic E-state index is 12.7. The SMILES string of the molecule is CCNc1ccccc1S(=O)(=O)N(C)CCc1cccs1. The van der Waals surface area contributed by atoms with E-state index in [1.54, 1.807) is 36.6 Å². The molecule has 0 atom stereocenters. The van der Waals surface area contributed by atoms with Gasteiger partial charge in [0, 0.05) is 25.0 Å². The second kappa shape index (κ2) is 7.06. The van der Waals surface area contributed by atoms with Gasteiger partial charge in [0.2, 0.25) is 10.0 Å². The fourth-order valence-electron chi connectivity index (χ4n) is 2.04. The summed E-state index contributed by atoms with van der Waals surface area (Å²) in [7, 11) is -1.84. The molecule has 0 aliphatic carbocycles. The van der Waals surface area contributed by atoms with Crippen LogP contribution in [0.15, 0.2) is 46.7 Å². The highest BCUT2D eigenvalue weighted by Crippen LogP contribution is 2.24. The summed E-state index contributed by atoms with van der Waals surface area (Å²) in [6, 6.07) is 11.0. The molecule has 6 heteroatoms. The van der Waals surface area contributed by atoms with Gasteiger partial charge in [0.1, 0.15) is 4.90 Å². The van der Waals surface area contributed by atoms with E-state index in [0.717, 1.165) is 6.42 Å². The first-order valence-electron chi connectivity index (χ1n) is 6.87. The molecule has 0 spiro atoms. The number of hydrogen-bond acceptors (Lipinski definition) is 4. The lowest BCUT2D eigenvalue weighted by Gasteiger charge is -2.19. The van der Waals surface area contributed by atoms with Crippen molar-refractivity contribution < 1.29 is 8.42 Å². The van der Waals surface area contributed by atoms with Crippen LogP contribution in [0.5, 0.6) is 0 Å². The molecule has 0 fully saturated rings. The number of thiophene rings is 1. The molecule has 2 aromatic rings. The Hall–Kier alpha value is -1.37. The fourth-order valence-corrected chi connectivity index (χ4v) is 4.07. The smallest absolute Gasteiger partial charge is 0.244 e. The van der Waals surface area contributed by atoms with Gasteiger partial charge < -0.3 is 5.32 Å². The summed E-state index contributed by atoms with van der Waals surface area (Å²) in [5.41, 5.74) is 0.656. The van der Waals surface area contributed by atoms with Gasteiger partial charge >= 0.3 is 0 Å². The lowest BCUT2D eigenvalue weighted by Crippen LogP contribution is -2.29. The third kappa shape index (κ3) is 3.84. The predicted molar refractivity (Wildman–Crippen MR) is 88.4 cm³/mol. The summed E-state index contributed by atoms with van der Waals surface area (Å²) in [5, 5.41) is 5.11. The molecule has 0 aliphatic heterocycles. The van der Waals surface area contributed by atoms with Gasteiger partial charge in [-0.1, -0.05) is 18.2 Å². The van der Waals surface area contributed by atoms with Crippen LogP contribution in [0, 0.1) is 0 Å². The number of likely N-dealkylation sites (N-methyl/N-ethyl adjacent to an activating group) is 1. The molecule has 0 saturated carbocycles. The minimum Gasteiger partial charge on any atom is -0.384 e. The van der Waals surface area contributed by atoms with Crippen LogP contribution in [0.25, 0.3) is 0 Å². The van der Waals surface area contributed by atoms with E-state index in [1.165, 1.54) is 9.18 Å².